The molecule has 1 aliphatic rings. The van der Waals surface area contributed by atoms with Gasteiger partial charge in [-0.1, -0.05) is 0 Å². The number of carbonyl (C=O) groups excluding carboxylic acids is 2. The van der Waals surface area contributed by atoms with Gasteiger partial charge in [-0.25, -0.2) is 9.22 Å². The third kappa shape index (κ3) is 1.21. The standard InChI is InChI=1S/C5H6N2O3S/c1-3-6-7(2)4(8)5(9)11(3)10/h1-2H3. The molecule has 0 aromatic rings. The van der Waals surface area contributed by atoms with E-state index in [1.807, 2.05) is 0 Å². The Bertz CT molecular complexity index is 283. The van der Waals surface area contributed by atoms with Crippen LogP contribution >= 0.6 is 0 Å². The molecule has 6 heteroatoms. The number of hydrogen-bond donors (Lipinski definition) is 0. The lowest BCUT2D eigenvalue weighted by Crippen LogP contribution is -2.39. The van der Waals surface area contributed by atoms with Gasteiger partial charge in [0.2, 0.25) is 0 Å². The van der Waals surface area contributed by atoms with Gasteiger partial charge < -0.3 is 0 Å². The smallest absolute Gasteiger partial charge is 0.273 e. The molecular formula is C5H6N2O3S. The second-order valence-corrected chi connectivity index (χ2v) is 3.50. The Morgan fingerprint density at radius 3 is 2.55 bits per heavy atom. The van der Waals surface area contributed by atoms with Gasteiger partial charge in [-0.3, -0.25) is 9.59 Å². The first-order valence-corrected chi connectivity index (χ1v) is 3.98. The van der Waals surface area contributed by atoms with Crippen molar-refractivity contribution in [3.8, 4) is 0 Å². The number of carbonyl (C=O) groups is 2. The number of rotatable bonds is 0. The zero-order valence-corrected chi connectivity index (χ0v) is 6.84. The molecule has 0 fully saturated rings. The molecule has 0 bridgehead atoms. The van der Waals surface area contributed by atoms with Crippen LogP contribution in [0.4, 0.5) is 0 Å². The number of nitrogens with zero attached hydrogens (tertiary/aromatic N) is 2. The molecule has 0 aromatic heterocycles. The molecule has 1 aliphatic heterocycles. The summed E-state index contributed by atoms with van der Waals surface area (Å²) in [6, 6.07) is 0. The molecular weight excluding hydrogens is 168 g/mol. The predicted molar refractivity (Wildman–Crippen MR) is 39.0 cm³/mol. The number of hydrazone groups is 1. The molecule has 5 nitrogen and oxygen atoms in total. The lowest BCUT2D eigenvalue weighted by atomic mass is 10.6. The summed E-state index contributed by atoms with van der Waals surface area (Å²) in [5.41, 5.74) is 0. The van der Waals surface area contributed by atoms with E-state index in [4.69, 9.17) is 0 Å². The van der Waals surface area contributed by atoms with Crippen LogP contribution < -0.4 is 0 Å². The second kappa shape index (κ2) is 2.54. The highest BCUT2D eigenvalue weighted by atomic mass is 32.2. The maximum Gasteiger partial charge on any atom is 0.324 e. The van der Waals surface area contributed by atoms with Crippen LogP contribution in [0.15, 0.2) is 5.10 Å². The van der Waals surface area contributed by atoms with Crippen LogP contribution in [0.25, 0.3) is 0 Å². The minimum absolute atomic E-state index is 0.164. The van der Waals surface area contributed by atoms with Crippen LogP contribution in [0.2, 0.25) is 0 Å². The van der Waals surface area contributed by atoms with E-state index < -0.39 is 21.8 Å². The van der Waals surface area contributed by atoms with Crippen LogP contribution in [0, 0.1) is 0 Å². The lowest BCUT2D eigenvalue weighted by Gasteiger charge is -2.14. The van der Waals surface area contributed by atoms with Crippen LogP contribution in [-0.2, 0) is 20.4 Å². The van der Waals surface area contributed by atoms with Gasteiger partial charge in [0.15, 0.2) is 0 Å². The summed E-state index contributed by atoms with van der Waals surface area (Å²) >= 11 is 0. The van der Waals surface area contributed by atoms with Crippen molar-refractivity contribution in [2.45, 2.75) is 6.92 Å². The second-order valence-electron chi connectivity index (χ2n) is 2.00. The van der Waals surface area contributed by atoms with Gasteiger partial charge in [-0.2, -0.15) is 5.10 Å². The van der Waals surface area contributed by atoms with Crippen molar-refractivity contribution >= 4 is 26.9 Å². The fraction of sp³-hybridized carbons (Fsp3) is 0.400. The highest BCUT2D eigenvalue weighted by Gasteiger charge is 2.31. The molecule has 0 saturated carbocycles. The molecule has 0 spiro atoms. The molecule has 11 heavy (non-hydrogen) atoms. The number of likely N-dealkylation sites (N-methyl/N-ethyl adjacent to an activating group) is 1. The molecule has 0 N–H and O–H groups in total. The molecule has 60 valence electrons. The summed E-state index contributed by atoms with van der Waals surface area (Å²) in [7, 11) is -0.513. The Balaban J connectivity index is 3.12. The van der Waals surface area contributed by atoms with Crippen molar-refractivity contribution in [1.29, 1.82) is 0 Å². The average molecular weight is 174 g/mol. The highest BCUT2D eigenvalue weighted by Crippen LogP contribution is 2.03. The maximum absolute atomic E-state index is 10.9. The molecule has 1 rings (SSSR count). The zero-order valence-electron chi connectivity index (χ0n) is 6.03. The third-order valence-corrected chi connectivity index (χ3v) is 2.33. The first-order chi connectivity index (χ1) is 5.04. The molecule has 0 aliphatic carbocycles. The monoisotopic (exact) mass is 174 g/mol. The van der Waals surface area contributed by atoms with E-state index in [0.29, 0.717) is 0 Å². The largest absolute Gasteiger partial charge is 0.324 e. The predicted octanol–water partition coefficient (Wildman–Crippen LogP) is -0.933. The van der Waals surface area contributed by atoms with Gasteiger partial charge in [-0.05, 0) is 6.92 Å². The van der Waals surface area contributed by atoms with Gasteiger partial charge >= 0.3 is 11.0 Å². The maximum atomic E-state index is 10.9. The van der Waals surface area contributed by atoms with Gasteiger partial charge in [0.1, 0.15) is 15.8 Å². The van der Waals surface area contributed by atoms with Crippen molar-refractivity contribution in [2.75, 3.05) is 7.05 Å². The zero-order chi connectivity index (χ0) is 8.59. The minimum atomic E-state index is -1.86. The Hall–Kier alpha value is -1.04. The number of amides is 1. The summed E-state index contributed by atoms with van der Waals surface area (Å²) in [6.45, 7) is 1.44. The normalized spacial score (nSPS) is 25.5. The molecule has 0 saturated heterocycles. The summed E-state index contributed by atoms with van der Waals surface area (Å²) in [5, 5.41) is 3.72. The van der Waals surface area contributed by atoms with Crippen molar-refractivity contribution in [3.05, 3.63) is 0 Å². The van der Waals surface area contributed by atoms with Gasteiger partial charge in [-0.15, -0.1) is 0 Å². The van der Waals surface area contributed by atoms with Crippen LogP contribution in [0.5, 0.6) is 0 Å². The highest BCUT2D eigenvalue weighted by molar-refractivity contribution is 8.15. The first kappa shape index (κ1) is 8.06. The van der Waals surface area contributed by atoms with Gasteiger partial charge in [0.05, 0.1) is 0 Å². The minimum Gasteiger partial charge on any atom is -0.273 e. The first-order valence-electron chi connectivity index (χ1n) is 2.83. The number of hydrogen-bond acceptors (Lipinski definition) is 4. The van der Waals surface area contributed by atoms with Crippen molar-refractivity contribution in [1.82, 2.24) is 5.01 Å². The van der Waals surface area contributed by atoms with Crippen LogP contribution in [-0.4, -0.2) is 32.3 Å². The Morgan fingerprint density at radius 1 is 1.45 bits per heavy atom. The third-order valence-electron chi connectivity index (χ3n) is 1.20. The van der Waals surface area contributed by atoms with Gasteiger partial charge in [0.25, 0.3) is 0 Å². The summed E-state index contributed by atoms with van der Waals surface area (Å²) in [4.78, 5) is 21.5. The summed E-state index contributed by atoms with van der Waals surface area (Å²) in [6.07, 6.45) is 0. The molecule has 1 heterocycles. The Labute approximate surface area is 65.5 Å². The van der Waals surface area contributed by atoms with Crippen LogP contribution in [0.1, 0.15) is 6.92 Å². The van der Waals surface area contributed by atoms with E-state index in [2.05, 4.69) is 5.10 Å². The van der Waals surface area contributed by atoms with E-state index in [9.17, 15) is 13.8 Å². The Kier molecular flexibility index (Phi) is 1.86. The Morgan fingerprint density at radius 2 is 2.00 bits per heavy atom. The molecule has 0 radical (unpaired) electrons. The van der Waals surface area contributed by atoms with Crippen molar-refractivity contribution in [2.24, 2.45) is 5.10 Å². The fourth-order valence-electron chi connectivity index (χ4n) is 0.639. The van der Waals surface area contributed by atoms with Crippen molar-refractivity contribution in [3.63, 3.8) is 0 Å². The lowest BCUT2D eigenvalue weighted by molar-refractivity contribution is -0.139. The van der Waals surface area contributed by atoms with E-state index >= 15 is 0 Å². The molecule has 0 aromatic carbocycles. The SMILES string of the molecule is CC1=NN(C)C(=O)C(=O)S1=O. The quantitative estimate of drug-likeness (QED) is 0.445. The van der Waals surface area contributed by atoms with Gasteiger partial charge in [0, 0.05) is 7.05 Å². The topological polar surface area (TPSA) is 66.8 Å². The molecule has 1 atom stereocenters. The summed E-state index contributed by atoms with van der Waals surface area (Å²) < 4.78 is 10.9. The van der Waals surface area contributed by atoms with Crippen molar-refractivity contribution < 1.29 is 13.8 Å². The molecule has 1 amide bonds. The van der Waals surface area contributed by atoms with E-state index in [0.717, 1.165) is 5.01 Å². The van der Waals surface area contributed by atoms with E-state index in [1.165, 1.54) is 14.0 Å². The fourth-order valence-corrected chi connectivity index (χ4v) is 1.39. The van der Waals surface area contributed by atoms with E-state index in [1.54, 1.807) is 0 Å². The average Bonchev–Trinajstić information content (AvgIpc) is 1.97. The van der Waals surface area contributed by atoms with E-state index in [-0.39, 0.29) is 5.04 Å². The van der Waals surface area contributed by atoms with Crippen LogP contribution in [0.3, 0.4) is 0 Å². The molecule has 1 unspecified atom stereocenters. The summed E-state index contributed by atoms with van der Waals surface area (Å²) in [5.74, 6) is -0.825.